The van der Waals surface area contributed by atoms with Crippen LogP contribution in [0, 0.1) is 6.92 Å². The van der Waals surface area contributed by atoms with Crippen LogP contribution in [-0.2, 0) is 0 Å². The van der Waals surface area contributed by atoms with Crippen LogP contribution in [0.3, 0.4) is 0 Å². The van der Waals surface area contributed by atoms with Crippen molar-refractivity contribution in [3.8, 4) is 44.5 Å². The zero-order valence-electron chi connectivity index (χ0n) is 49.9. The second-order valence-corrected chi connectivity index (χ2v) is 25.7. The molecule has 23 rings (SSSR count). The third kappa shape index (κ3) is 6.50. The Morgan fingerprint density at radius 1 is 0.242 bits per heavy atom. The molecule has 0 unspecified atom stereocenters. The van der Waals surface area contributed by atoms with Gasteiger partial charge in [-0.05, 0) is 115 Å². The fraction of sp³-hybridized carbons (Fsp3) is 0.0118. The van der Waals surface area contributed by atoms with Gasteiger partial charge in [-0.3, -0.25) is 0 Å². The van der Waals surface area contributed by atoms with Crippen molar-refractivity contribution in [2.24, 2.45) is 0 Å². The van der Waals surface area contributed by atoms with Crippen molar-refractivity contribution in [2.45, 2.75) is 6.92 Å². The molecular formula is C85H52B3N3. The first-order chi connectivity index (χ1) is 45.2. The molecule has 6 heteroatoms. The van der Waals surface area contributed by atoms with Crippen LogP contribution in [-0.4, -0.2) is 28.9 Å². The zero-order chi connectivity index (χ0) is 59.3. The molecular weight excluding hydrogens is 1100 g/mol. The molecule has 0 spiro atoms. The van der Waals surface area contributed by atoms with E-state index >= 15 is 0 Å². The second kappa shape index (κ2) is 18.4. The number of para-hydroxylation sites is 5. The predicted octanol–water partition coefficient (Wildman–Crippen LogP) is 14.9. The van der Waals surface area contributed by atoms with Crippen LogP contribution in [0.4, 0.5) is 17.1 Å². The van der Waals surface area contributed by atoms with E-state index in [1.807, 2.05) is 0 Å². The first kappa shape index (κ1) is 49.6. The predicted molar refractivity (Wildman–Crippen MR) is 390 cm³/mol. The van der Waals surface area contributed by atoms with Gasteiger partial charge in [-0.25, -0.2) is 0 Å². The summed E-state index contributed by atoms with van der Waals surface area (Å²) in [4.78, 5) is 2.51. The smallest absolute Gasteiger partial charge is 0.249 e. The van der Waals surface area contributed by atoms with Crippen LogP contribution >= 0.6 is 0 Å². The lowest BCUT2D eigenvalue weighted by atomic mass is 9.35. The lowest BCUT2D eigenvalue weighted by molar-refractivity contribution is 1.30. The Balaban J connectivity index is 0.0000000927. The van der Waals surface area contributed by atoms with Gasteiger partial charge in [0.2, 0.25) is 20.1 Å². The first-order valence-corrected chi connectivity index (χ1v) is 32.1. The molecule has 3 nitrogen and oxygen atoms in total. The minimum absolute atomic E-state index is 0.259. The third-order valence-corrected chi connectivity index (χ3v) is 21.3. The summed E-state index contributed by atoms with van der Waals surface area (Å²) in [5.41, 5.74) is 37.0. The standard InChI is InChI=1S/2C30H18BN.C25H16BN/c1-3-9-19(10-4-1)20-17-24-22-13-7-15-26-29(22)32-28(24)25(18-20)23-14-8-16-27(30(23)32)31(26)21-11-5-2-6-12-21;1-2-9-19(10-3-1)20-11-4-5-16-25(20)32-26-17-7-14-23-21-12-6-13-22-24-15-8-18-27(32)30(24)31(28(21)22)29(23)26;1-15-13-14-21-25-22(15)19-11-5-9-17-18-10-6-12-20(24(18)27(25)23(17)19)26(21)16-7-3-2-4-8-16/h2*1-18H;2-14H,1H3. The number of fused-ring (bicyclic) bond motifs is 6. The van der Waals surface area contributed by atoms with Crippen LogP contribution in [0.15, 0.2) is 297 Å². The van der Waals surface area contributed by atoms with Crippen molar-refractivity contribution in [3.63, 3.8) is 0 Å². The highest BCUT2D eigenvalue weighted by atomic mass is 15.2. The second-order valence-electron chi connectivity index (χ2n) is 25.7. The van der Waals surface area contributed by atoms with Gasteiger partial charge in [0.05, 0.1) is 16.7 Å². The number of hydrogen-bond acceptors (Lipinski definition) is 1. The number of anilines is 3. The summed E-state index contributed by atoms with van der Waals surface area (Å²) in [5, 5.41) is 11.0. The fourth-order valence-electron chi connectivity index (χ4n) is 17.9. The van der Waals surface area contributed by atoms with Crippen molar-refractivity contribution in [2.75, 3.05) is 4.90 Å². The molecule has 0 amide bonds. The number of rotatable bonds is 5. The summed E-state index contributed by atoms with van der Waals surface area (Å²) in [5.74, 6) is 0. The van der Waals surface area contributed by atoms with Gasteiger partial charge in [-0.1, -0.05) is 283 Å². The molecule has 0 saturated carbocycles. The van der Waals surface area contributed by atoms with E-state index in [0.29, 0.717) is 6.71 Å². The van der Waals surface area contributed by atoms with Crippen molar-refractivity contribution in [1.82, 2.24) is 8.80 Å². The highest BCUT2D eigenvalue weighted by molar-refractivity contribution is 7.04. The summed E-state index contributed by atoms with van der Waals surface area (Å²) in [6, 6.07) is 110. The molecule has 9 heterocycles. The number of aromatic nitrogens is 2. The summed E-state index contributed by atoms with van der Waals surface area (Å²) < 4.78 is 5.10. The molecule has 0 bridgehead atoms. The van der Waals surface area contributed by atoms with Crippen LogP contribution in [0.5, 0.6) is 0 Å². The van der Waals surface area contributed by atoms with E-state index < -0.39 is 0 Å². The van der Waals surface area contributed by atoms with Crippen molar-refractivity contribution >= 4 is 163 Å². The maximum absolute atomic E-state index is 2.55. The monoisotopic (exact) mass is 1150 g/mol. The van der Waals surface area contributed by atoms with E-state index in [1.165, 1.54) is 192 Å². The fourth-order valence-corrected chi connectivity index (χ4v) is 17.9. The van der Waals surface area contributed by atoms with Crippen LogP contribution in [0.25, 0.3) is 121 Å². The van der Waals surface area contributed by atoms with Gasteiger partial charge in [0.15, 0.2) is 0 Å². The maximum atomic E-state index is 2.55. The summed E-state index contributed by atoms with van der Waals surface area (Å²) in [6.45, 7) is 3.15. The highest BCUT2D eigenvalue weighted by Crippen LogP contribution is 2.49. The zero-order valence-corrected chi connectivity index (χ0v) is 49.9. The Labute approximate surface area is 527 Å². The molecule has 416 valence electrons. The average molecular weight is 1150 g/mol. The number of benzene rings is 14. The van der Waals surface area contributed by atoms with Crippen molar-refractivity contribution in [1.29, 1.82) is 0 Å². The number of nitrogens with zero attached hydrogens (tertiary/aromatic N) is 3. The summed E-state index contributed by atoms with van der Waals surface area (Å²) >= 11 is 0. The first-order valence-electron chi connectivity index (χ1n) is 32.1. The van der Waals surface area contributed by atoms with Gasteiger partial charge in [-0.15, -0.1) is 0 Å². The van der Waals surface area contributed by atoms with Crippen LogP contribution < -0.4 is 54.1 Å². The van der Waals surface area contributed by atoms with Crippen LogP contribution in [0.1, 0.15) is 5.56 Å². The normalized spacial score (nSPS) is 13.2. The number of hydrogen-bond donors (Lipinski definition) is 0. The molecule has 4 aromatic heterocycles. The van der Waals surface area contributed by atoms with E-state index in [-0.39, 0.29) is 13.4 Å². The third-order valence-electron chi connectivity index (χ3n) is 21.3. The van der Waals surface area contributed by atoms with E-state index in [1.54, 1.807) is 0 Å². The summed E-state index contributed by atoms with van der Waals surface area (Å²) in [6.07, 6.45) is 0. The molecule has 0 fully saturated rings. The Morgan fingerprint density at radius 3 is 1.19 bits per heavy atom. The van der Waals surface area contributed by atoms with Gasteiger partial charge < -0.3 is 13.7 Å². The minimum atomic E-state index is 0.259. The minimum Gasteiger partial charge on any atom is -0.311 e. The van der Waals surface area contributed by atoms with E-state index in [2.05, 4.69) is 318 Å². The Kier molecular flexibility index (Phi) is 10.0. The molecule has 0 saturated heterocycles. The summed E-state index contributed by atoms with van der Waals surface area (Å²) in [7, 11) is 0. The van der Waals surface area contributed by atoms with Crippen molar-refractivity contribution in [3.05, 3.63) is 303 Å². The topological polar surface area (TPSA) is 12.1 Å². The quantitative estimate of drug-likeness (QED) is 0.156. The Bertz CT molecular complexity index is 5950. The molecule has 0 N–H and O–H groups in total. The van der Waals surface area contributed by atoms with Crippen molar-refractivity contribution < 1.29 is 0 Å². The largest absolute Gasteiger partial charge is 0.311 e. The van der Waals surface area contributed by atoms with E-state index in [0.717, 1.165) is 0 Å². The Morgan fingerprint density at radius 2 is 0.626 bits per heavy atom. The highest BCUT2D eigenvalue weighted by Gasteiger charge is 2.48. The molecule has 91 heavy (non-hydrogen) atoms. The number of aryl methyl sites for hydroxylation is 1. The lowest BCUT2D eigenvalue weighted by Crippen LogP contribution is -2.54. The molecule has 5 aliphatic rings. The van der Waals surface area contributed by atoms with Gasteiger partial charge in [0, 0.05) is 82.1 Å². The van der Waals surface area contributed by atoms with Gasteiger partial charge >= 0.3 is 0 Å². The molecule has 18 aromatic rings. The average Bonchev–Trinajstić information content (AvgIpc) is 1.54. The van der Waals surface area contributed by atoms with E-state index in [4.69, 9.17) is 0 Å². The Hall–Kier alpha value is -11.3. The van der Waals surface area contributed by atoms with Gasteiger partial charge in [0.1, 0.15) is 0 Å². The molecule has 0 atom stereocenters. The molecule has 0 radical (unpaired) electrons. The SMILES string of the molecule is Cc1ccc2c3c1c1cccc4c5cccc(c5n3c41)B2c1ccccc1.c1ccc(-c2ccccc2N2c3cccc4c3B3c5c-4cccc5-c4cccc2c43)cc1.c1ccc(B2c3cccc4c5cc(-c6ccccc6)cc6c7cccc2c7n(c34)c56)cc1. The maximum Gasteiger partial charge on any atom is 0.249 e. The molecule has 5 aliphatic heterocycles. The van der Waals surface area contributed by atoms with Crippen LogP contribution in [0.2, 0.25) is 0 Å². The molecule has 0 aliphatic carbocycles. The van der Waals surface area contributed by atoms with Gasteiger partial charge in [-0.2, -0.15) is 0 Å². The lowest BCUT2D eigenvalue weighted by Gasteiger charge is -2.36. The molecule has 14 aromatic carbocycles. The van der Waals surface area contributed by atoms with E-state index in [9.17, 15) is 0 Å². The van der Waals surface area contributed by atoms with Gasteiger partial charge in [0.25, 0.3) is 0 Å².